The molecule has 0 heterocycles. The van der Waals surface area contributed by atoms with E-state index in [1.807, 2.05) is 0 Å². The van der Waals surface area contributed by atoms with Gasteiger partial charge >= 0.3 is 17.4 Å². The monoisotopic (exact) mass is 224 g/mol. The Bertz CT molecular complexity index is 120. The van der Waals surface area contributed by atoms with E-state index in [4.69, 9.17) is 29.7 Å². The van der Waals surface area contributed by atoms with Crippen LogP contribution in [0.25, 0.3) is 0 Å². The number of rotatable bonds is 0. The maximum atomic E-state index is 8.89. The van der Waals surface area contributed by atoms with Gasteiger partial charge in [-0.1, -0.05) is 0 Å². The van der Waals surface area contributed by atoms with E-state index in [0.29, 0.717) is 0 Å². The van der Waals surface area contributed by atoms with Crippen LogP contribution in [0.5, 0.6) is 0 Å². The summed E-state index contributed by atoms with van der Waals surface area (Å²) in [4.78, 5) is 26.7. The molecule has 14 heavy (non-hydrogen) atoms. The van der Waals surface area contributed by atoms with Crippen molar-refractivity contribution in [2.45, 2.75) is 20.8 Å². The summed E-state index contributed by atoms with van der Waals surface area (Å²) in [5.41, 5.74) is 0. The number of hydrogen-bond acceptors (Lipinski definition) is 6. The van der Waals surface area contributed by atoms with Crippen LogP contribution in [0, 0.1) is 0 Å². The Hall–Kier alpha value is -1.13. The fraction of sp³-hybridized carbons (Fsp3) is 0.500. The summed E-state index contributed by atoms with van der Waals surface area (Å²) in [6, 6.07) is 0. The van der Waals surface area contributed by atoms with Gasteiger partial charge in [-0.2, -0.15) is 0 Å². The standard InChI is InChI=1S/3C2H4O2.Al.FH/c3*1-2(3)4;;/h3*1H3,(H,3,4);;1H/q;;;+3;/p-3. The zero-order valence-corrected chi connectivity index (χ0v) is 9.09. The summed E-state index contributed by atoms with van der Waals surface area (Å²) >= 11 is 0. The van der Waals surface area contributed by atoms with Gasteiger partial charge in [0, 0.05) is 17.9 Å². The maximum absolute atomic E-state index is 8.89. The van der Waals surface area contributed by atoms with Gasteiger partial charge < -0.3 is 29.7 Å². The maximum Gasteiger partial charge on any atom is 3.00 e. The van der Waals surface area contributed by atoms with Crippen LogP contribution in [0.3, 0.4) is 0 Å². The number of hydrogen-bond donors (Lipinski definition) is 0. The first kappa shape index (κ1) is 29.3. The SMILES string of the molecule is CC(=O)[O-].CC(=O)[O-].CC(=O)[O-].F.[Al+3]. The molecule has 0 atom stereocenters. The van der Waals surface area contributed by atoms with Crippen molar-refractivity contribution in [3.05, 3.63) is 0 Å². The van der Waals surface area contributed by atoms with Gasteiger partial charge in [0.2, 0.25) is 0 Å². The van der Waals surface area contributed by atoms with Crippen LogP contribution in [-0.4, -0.2) is 35.3 Å². The van der Waals surface area contributed by atoms with Gasteiger partial charge in [-0.05, 0) is 20.8 Å². The van der Waals surface area contributed by atoms with Gasteiger partial charge in [0.05, 0.1) is 0 Å². The van der Waals surface area contributed by atoms with Crippen LogP contribution in [-0.2, 0) is 14.4 Å². The van der Waals surface area contributed by atoms with E-state index in [9.17, 15) is 0 Å². The summed E-state index contributed by atoms with van der Waals surface area (Å²) in [6.07, 6.45) is 0. The van der Waals surface area contributed by atoms with Crippen molar-refractivity contribution in [3.8, 4) is 0 Å². The van der Waals surface area contributed by atoms with Gasteiger partial charge in [0.25, 0.3) is 0 Å². The minimum absolute atomic E-state index is 0. The first-order chi connectivity index (χ1) is 5.20. The second-order valence-corrected chi connectivity index (χ2v) is 1.47. The topological polar surface area (TPSA) is 120 Å². The Kier molecular flexibility index (Phi) is 47.4. The molecule has 8 heteroatoms. The molecule has 0 aliphatic heterocycles. The Labute approximate surface area is 91.0 Å². The van der Waals surface area contributed by atoms with Gasteiger partial charge in [-0.3, -0.25) is 4.70 Å². The molecule has 0 saturated heterocycles. The van der Waals surface area contributed by atoms with Crippen LogP contribution in [0.4, 0.5) is 4.70 Å². The summed E-state index contributed by atoms with van der Waals surface area (Å²) in [5, 5.41) is 26.7. The second kappa shape index (κ2) is 22.6. The fourth-order valence-corrected chi connectivity index (χ4v) is 0. The molecule has 0 bridgehead atoms. The molecule has 0 aromatic carbocycles. The van der Waals surface area contributed by atoms with Crippen LogP contribution in [0.1, 0.15) is 20.8 Å². The Morgan fingerprint density at radius 3 is 0.714 bits per heavy atom. The molecule has 6 nitrogen and oxygen atoms in total. The van der Waals surface area contributed by atoms with E-state index in [-0.39, 0.29) is 22.1 Å². The van der Waals surface area contributed by atoms with Crippen molar-refractivity contribution < 1.29 is 34.4 Å². The predicted octanol–water partition coefficient (Wildman–Crippen LogP) is -3.96. The molecule has 0 rings (SSSR count). The molecule has 0 radical (unpaired) electrons. The molecule has 0 fully saturated rings. The first-order valence-corrected chi connectivity index (χ1v) is 2.72. The zero-order valence-electron chi connectivity index (χ0n) is 7.94. The number of carboxylic acids is 3. The minimum atomic E-state index is -1.08. The van der Waals surface area contributed by atoms with E-state index in [0.717, 1.165) is 20.8 Å². The summed E-state index contributed by atoms with van der Waals surface area (Å²) < 4.78 is 0. The number of carboxylic acid groups (broad SMARTS) is 3. The Morgan fingerprint density at radius 1 is 0.714 bits per heavy atom. The van der Waals surface area contributed by atoms with Crippen molar-refractivity contribution in [2.24, 2.45) is 0 Å². The second-order valence-electron chi connectivity index (χ2n) is 1.47. The van der Waals surface area contributed by atoms with E-state index < -0.39 is 17.9 Å². The van der Waals surface area contributed by atoms with E-state index in [1.165, 1.54) is 0 Å². The molecule has 0 aliphatic rings. The van der Waals surface area contributed by atoms with E-state index >= 15 is 0 Å². The fourth-order valence-electron chi connectivity index (χ4n) is 0. The van der Waals surface area contributed by atoms with E-state index in [2.05, 4.69) is 0 Å². The van der Waals surface area contributed by atoms with Crippen LogP contribution in [0.2, 0.25) is 0 Å². The molecular weight excluding hydrogens is 214 g/mol. The van der Waals surface area contributed by atoms with Gasteiger partial charge in [0.1, 0.15) is 0 Å². The first-order valence-electron chi connectivity index (χ1n) is 2.72. The van der Waals surface area contributed by atoms with Crippen molar-refractivity contribution in [2.75, 3.05) is 0 Å². The summed E-state index contributed by atoms with van der Waals surface area (Å²) in [6.45, 7) is 2.92. The summed E-state index contributed by atoms with van der Waals surface area (Å²) in [5.74, 6) is -3.25. The Balaban J connectivity index is -0.0000000270. The van der Waals surface area contributed by atoms with Crippen molar-refractivity contribution in [1.29, 1.82) is 0 Å². The molecule has 0 aliphatic carbocycles. The molecule has 0 spiro atoms. The third-order valence-corrected chi connectivity index (χ3v) is 0. The molecule has 80 valence electrons. The molecular formula is C6H10AlFO6. The van der Waals surface area contributed by atoms with Crippen molar-refractivity contribution in [3.63, 3.8) is 0 Å². The van der Waals surface area contributed by atoms with Crippen LogP contribution in [0.15, 0.2) is 0 Å². The number of halogens is 1. The molecule has 0 aromatic rings. The molecule has 0 saturated carbocycles. The van der Waals surface area contributed by atoms with Gasteiger partial charge in [-0.25, -0.2) is 0 Å². The third-order valence-electron chi connectivity index (χ3n) is 0. The van der Waals surface area contributed by atoms with Crippen LogP contribution < -0.4 is 15.3 Å². The quantitative estimate of drug-likeness (QED) is 0.387. The van der Waals surface area contributed by atoms with Crippen molar-refractivity contribution >= 4 is 35.3 Å². The van der Waals surface area contributed by atoms with Crippen molar-refractivity contribution in [1.82, 2.24) is 0 Å². The molecule has 0 aromatic heterocycles. The average molecular weight is 224 g/mol. The molecule has 0 unspecified atom stereocenters. The summed E-state index contributed by atoms with van der Waals surface area (Å²) in [7, 11) is 0. The third kappa shape index (κ3) is 834. The van der Waals surface area contributed by atoms with Gasteiger partial charge in [-0.15, -0.1) is 0 Å². The molecule has 0 amide bonds. The minimum Gasteiger partial charge on any atom is -0.550 e. The smallest absolute Gasteiger partial charge is 0.550 e. The van der Waals surface area contributed by atoms with Gasteiger partial charge in [0.15, 0.2) is 0 Å². The number of carbonyl (C=O) groups excluding carboxylic acids is 3. The normalized spacial score (nSPS) is 5.36. The molecule has 0 N–H and O–H groups in total. The van der Waals surface area contributed by atoms with Crippen LogP contribution >= 0.6 is 0 Å². The Morgan fingerprint density at radius 2 is 0.714 bits per heavy atom. The largest absolute Gasteiger partial charge is 3.00 e. The average Bonchev–Trinajstić information content (AvgIpc) is 1.54. The van der Waals surface area contributed by atoms with E-state index in [1.54, 1.807) is 0 Å². The number of carbonyl (C=O) groups is 3. The number of aliphatic carboxylic acids is 3. The predicted molar refractivity (Wildman–Crippen MR) is 40.3 cm³/mol. The zero-order chi connectivity index (χ0) is 10.7.